The molecule has 0 unspecified atom stereocenters. The lowest BCUT2D eigenvalue weighted by Crippen LogP contribution is -2.11. The quantitative estimate of drug-likeness (QED) is 0.889. The van der Waals surface area contributed by atoms with Gasteiger partial charge in [0.1, 0.15) is 5.82 Å². The van der Waals surface area contributed by atoms with Gasteiger partial charge in [0.15, 0.2) is 5.82 Å². The van der Waals surface area contributed by atoms with Crippen LogP contribution in [0.25, 0.3) is 11.4 Å². The molecule has 1 heterocycles. The van der Waals surface area contributed by atoms with Gasteiger partial charge in [0.25, 0.3) is 0 Å². The topological polar surface area (TPSA) is 67.6 Å². The average molecular weight is 258 g/mol. The van der Waals surface area contributed by atoms with Crippen molar-refractivity contribution in [3.8, 4) is 11.4 Å². The highest BCUT2D eigenvalue weighted by Crippen LogP contribution is 2.28. The zero-order chi connectivity index (χ0) is 14.0. The maximum atomic E-state index is 5.53. The number of rotatable bonds is 3. The molecule has 0 fully saturated rings. The molecule has 0 spiro atoms. The van der Waals surface area contributed by atoms with Crippen LogP contribution in [0, 0.1) is 6.92 Å². The summed E-state index contributed by atoms with van der Waals surface area (Å²) in [6.45, 7) is 9.29. The summed E-state index contributed by atoms with van der Waals surface area (Å²) in [6.07, 6.45) is 0.727. The lowest BCUT2D eigenvalue weighted by molar-refractivity contribution is 0.590. The second kappa shape index (κ2) is 5.13. The summed E-state index contributed by atoms with van der Waals surface area (Å²) in [4.78, 5) is 4.51. The Kier molecular flexibility index (Phi) is 3.71. The van der Waals surface area contributed by atoms with E-state index >= 15 is 0 Å². The molecule has 3 N–H and O–H groups in total. The third-order valence-corrected chi connectivity index (χ3v) is 3.26. The van der Waals surface area contributed by atoms with Crippen molar-refractivity contribution in [2.75, 3.05) is 6.54 Å². The van der Waals surface area contributed by atoms with Gasteiger partial charge in [0, 0.05) is 12.0 Å². The molecule has 1 aromatic carbocycles. The van der Waals surface area contributed by atoms with Crippen molar-refractivity contribution in [1.29, 1.82) is 0 Å². The van der Waals surface area contributed by atoms with Gasteiger partial charge in [0.2, 0.25) is 0 Å². The minimum absolute atomic E-state index is 0.124. The molecule has 0 saturated carbocycles. The lowest BCUT2D eigenvalue weighted by Gasteiger charge is -2.20. The predicted octanol–water partition coefficient (Wildman–Crippen LogP) is 2.58. The summed E-state index contributed by atoms with van der Waals surface area (Å²) in [5.41, 5.74) is 9.22. The smallest absolute Gasteiger partial charge is 0.181 e. The fraction of sp³-hybridized carbons (Fsp3) is 0.467. The Balaban J connectivity index is 2.42. The standard InChI is InChI=1S/C15H22N4/c1-10-5-6-11(15(2,3)4)9-12(10)14-17-13(7-8-16)18-19-14/h5-6,9H,7-8,16H2,1-4H3,(H,17,18,19). The molecule has 0 aliphatic heterocycles. The van der Waals surface area contributed by atoms with Crippen LogP contribution in [0.3, 0.4) is 0 Å². The molecule has 1 aromatic heterocycles. The van der Waals surface area contributed by atoms with E-state index in [4.69, 9.17) is 5.73 Å². The summed E-state index contributed by atoms with van der Waals surface area (Å²) in [7, 11) is 0. The summed E-state index contributed by atoms with van der Waals surface area (Å²) in [6, 6.07) is 6.49. The maximum Gasteiger partial charge on any atom is 0.181 e. The molecule has 19 heavy (non-hydrogen) atoms. The fourth-order valence-electron chi connectivity index (χ4n) is 1.99. The first-order valence-corrected chi connectivity index (χ1v) is 6.64. The van der Waals surface area contributed by atoms with Gasteiger partial charge in [-0.3, -0.25) is 5.10 Å². The second-order valence-electron chi connectivity index (χ2n) is 5.92. The highest BCUT2D eigenvalue weighted by molar-refractivity contribution is 5.61. The number of H-pyrrole nitrogens is 1. The molecule has 102 valence electrons. The van der Waals surface area contributed by atoms with Gasteiger partial charge in [-0.05, 0) is 36.1 Å². The van der Waals surface area contributed by atoms with E-state index in [2.05, 4.69) is 61.1 Å². The summed E-state index contributed by atoms with van der Waals surface area (Å²) in [5.74, 6) is 1.60. The number of nitrogens with one attached hydrogen (secondary N) is 1. The van der Waals surface area contributed by atoms with Crippen molar-refractivity contribution >= 4 is 0 Å². The Labute approximate surface area is 114 Å². The van der Waals surface area contributed by atoms with Gasteiger partial charge in [-0.15, -0.1) is 0 Å². The van der Waals surface area contributed by atoms with Crippen LogP contribution in [0.4, 0.5) is 0 Å². The van der Waals surface area contributed by atoms with Crippen molar-refractivity contribution in [1.82, 2.24) is 15.2 Å². The minimum Gasteiger partial charge on any atom is -0.330 e. The van der Waals surface area contributed by atoms with Crippen LogP contribution in [0.2, 0.25) is 0 Å². The Morgan fingerprint density at radius 2 is 2.00 bits per heavy atom. The molecule has 0 saturated heterocycles. The monoisotopic (exact) mass is 258 g/mol. The first kappa shape index (κ1) is 13.7. The number of aromatic nitrogens is 3. The van der Waals surface area contributed by atoms with Gasteiger partial charge >= 0.3 is 0 Å². The van der Waals surface area contributed by atoms with E-state index < -0.39 is 0 Å². The van der Waals surface area contributed by atoms with Crippen molar-refractivity contribution in [3.05, 3.63) is 35.2 Å². The number of hydrogen-bond donors (Lipinski definition) is 2. The number of hydrogen-bond acceptors (Lipinski definition) is 3. The van der Waals surface area contributed by atoms with E-state index in [1.807, 2.05) is 0 Å². The van der Waals surface area contributed by atoms with Gasteiger partial charge in [-0.1, -0.05) is 32.9 Å². The van der Waals surface area contributed by atoms with Crippen LogP contribution in [-0.4, -0.2) is 21.7 Å². The third-order valence-electron chi connectivity index (χ3n) is 3.26. The third kappa shape index (κ3) is 3.01. The molecular weight excluding hydrogens is 236 g/mol. The van der Waals surface area contributed by atoms with Crippen LogP contribution in [0.15, 0.2) is 18.2 Å². The molecule has 0 atom stereocenters. The van der Waals surface area contributed by atoms with Crippen LogP contribution in [0.5, 0.6) is 0 Å². The Morgan fingerprint density at radius 3 is 2.63 bits per heavy atom. The van der Waals surface area contributed by atoms with E-state index in [9.17, 15) is 0 Å². The van der Waals surface area contributed by atoms with E-state index in [1.165, 1.54) is 11.1 Å². The molecule has 4 heteroatoms. The molecule has 4 nitrogen and oxygen atoms in total. The minimum atomic E-state index is 0.124. The highest BCUT2D eigenvalue weighted by Gasteiger charge is 2.16. The molecule has 2 aromatic rings. The van der Waals surface area contributed by atoms with Crippen LogP contribution in [-0.2, 0) is 11.8 Å². The number of benzene rings is 1. The zero-order valence-electron chi connectivity index (χ0n) is 12.1. The summed E-state index contributed by atoms with van der Waals surface area (Å²) < 4.78 is 0. The lowest BCUT2D eigenvalue weighted by atomic mass is 9.85. The number of nitrogens with two attached hydrogens (primary N) is 1. The maximum absolute atomic E-state index is 5.53. The van der Waals surface area contributed by atoms with E-state index in [0.717, 1.165) is 23.6 Å². The van der Waals surface area contributed by atoms with Gasteiger partial charge < -0.3 is 5.73 Å². The first-order valence-electron chi connectivity index (χ1n) is 6.64. The summed E-state index contributed by atoms with van der Waals surface area (Å²) in [5, 5.41) is 7.25. The Bertz CT molecular complexity index is 564. The average Bonchev–Trinajstić information content (AvgIpc) is 2.77. The molecule has 0 aliphatic rings. The van der Waals surface area contributed by atoms with Crippen LogP contribution < -0.4 is 5.73 Å². The normalized spacial score (nSPS) is 11.8. The molecular formula is C15H22N4. The SMILES string of the molecule is Cc1ccc(C(C)(C)C)cc1-c1n[nH]c(CCN)n1. The van der Waals surface area contributed by atoms with E-state index in [0.29, 0.717) is 6.54 Å². The van der Waals surface area contributed by atoms with Gasteiger partial charge in [-0.2, -0.15) is 5.10 Å². The summed E-state index contributed by atoms with van der Waals surface area (Å²) >= 11 is 0. The van der Waals surface area contributed by atoms with Crippen molar-refractivity contribution in [3.63, 3.8) is 0 Å². The molecule has 2 rings (SSSR count). The second-order valence-corrected chi connectivity index (χ2v) is 5.92. The first-order chi connectivity index (χ1) is 8.91. The fourth-order valence-corrected chi connectivity index (χ4v) is 1.99. The van der Waals surface area contributed by atoms with Crippen LogP contribution >= 0.6 is 0 Å². The largest absolute Gasteiger partial charge is 0.330 e. The Hall–Kier alpha value is -1.68. The molecule has 0 aliphatic carbocycles. The molecule has 0 amide bonds. The number of aryl methyl sites for hydroxylation is 1. The molecule has 0 bridgehead atoms. The van der Waals surface area contributed by atoms with E-state index in [1.54, 1.807) is 0 Å². The van der Waals surface area contributed by atoms with E-state index in [-0.39, 0.29) is 5.41 Å². The highest BCUT2D eigenvalue weighted by atomic mass is 15.2. The number of nitrogens with zero attached hydrogens (tertiary/aromatic N) is 2. The van der Waals surface area contributed by atoms with Crippen molar-refractivity contribution in [2.24, 2.45) is 5.73 Å². The molecule has 0 radical (unpaired) electrons. The van der Waals surface area contributed by atoms with Gasteiger partial charge in [0.05, 0.1) is 0 Å². The van der Waals surface area contributed by atoms with Crippen LogP contribution in [0.1, 0.15) is 37.7 Å². The predicted molar refractivity (Wildman–Crippen MR) is 78.0 cm³/mol. The van der Waals surface area contributed by atoms with Gasteiger partial charge in [-0.25, -0.2) is 4.98 Å². The zero-order valence-corrected chi connectivity index (χ0v) is 12.1. The number of aromatic amines is 1. The van der Waals surface area contributed by atoms with Crippen molar-refractivity contribution < 1.29 is 0 Å². The Morgan fingerprint density at radius 1 is 1.26 bits per heavy atom. The van der Waals surface area contributed by atoms with Crippen molar-refractivity contribution in [2.45, 2.75) is 39.5 Å².